The molecular formula is C10H21NO. The molecule has 0 saturated carbocycles. The molecule has 2 heteroatoms. The molecule has 72 valence electrons. The summed E-state index contributed by atoms with van der Waals surface area (Å²) in [7, 11) is 0. The van der Waals surface area contributed by atoms with Gasteiger partial charge in [-0.15, -0.1) is 0 Å². The Kier molecular flexibility index (Phi) is 4.02. The van der Waals surface area contributed by atoms with Crippen LogP contribution in [0.1, 0.15) is 27.2 Å². The van der Waals surface area contributed by atoms with Crippen molar-refractivity contribution in [1.82, 2.24) is 4.90 Å². The monoisotopic (exact) mass is 171 g/mol. The van der Waals surface area contributed by atoms with Gasteiger partial charge in [-0.25, -0.2) is 0 Å². The number of nitrogens with zero attached hydrogens (tertiary/aromatic N) is 1. The Morgan fingerprint density at radius 3 is 2.83 bits per heavy atom. The molecule has 12 heavy (non-hydrogen) atoms. The second-order valence-electron chi connectivity index (χ2n) is 4.03. The van der Waals surface area contributed by atoms with Gasteiger partial charge in [0.05, 0.1) is 13.2 Å². The molecule has 1 atom stereocenters. The fourth-order valence-corrected chi connectivity index (χ4v) is 1.77. The average molecular weight is 171 g/mol. The summed E-state index contributed by atoms with van der Waals surface area (Å²) in [5, 5.41) is 0. The molecule has 1 fully saturated rings. The van der Waals surface area contributed by atoms with Gasteiger partial charge in [0.2, 0.25) is 0 Å². The molecular weight excluding hydrogens is 150 g/mol. The van der Waals surface area contributed by atoms with Crippen LogP contribution in [0.15, 0.2) is 0 Å². The molecule has 0 bridgehead atoms. The fraction of sp³-hybridized carbons (Fsp3) is 1.00. The van der Waals surface area contributed by atoms with Crippen LogP contribution in [0.4, 0.5) is 0 Å². The highest BCUT2D eigenvalue weighted by Crippen LogP contribution is 2.11. The van der Waals surface area contributed by atoms with Gasteiger partial charge in [0.15, 0.2) is 0 Å². The van der Waals surface area contributed by atoms with Crippen molar-refractivity contribution < 1.29 is 4.74 Å². The SMILES string of the molecule is CCC1COCCN1CC(C)C. The van der Waals surface area contributed by atoms with Gasteiger partial charge in [-0.05, 0) is 12.3 Å². The first kappa shape index (κ1) is 10.0. The van der Waals surface area contributed by atoms with Crippen molar-refractivity contribution in [3.05, 3.63) is 0 Å². The van der Waals surface area contributed by atoms with Crippen molar-refractivity contribution >= 4 is 0 Å². The number of ether oxygens (including phenoxy) is 1. The zero-order valence-corrected chi connectivity index (χ0v) is 8.55. The number of morpholine rings is 1. The molecule has 0 aromatic heterocycles. The maximum Gasteiger partial charge on any atom is 0.0622 e. The lowest BCUT2D eigenvalue weighted by atomic mass is 10.1. The molecule has 0 amide bonds. The van der Waals surface area contributed by atoms with Gasteiger partial charge < -0.3 is 4.74 Å². The van der Waals surface area contributed by atoms with E-state index in [0.717, 1.165) is 25.7 Å². The van der Waals surface area contributed by atoms with Crippen LogP contribution >= 0.6 is 0 Å². The van der Waals surface area contributed by atoms with E-state index in [-0.39, 0.29) is 0 Å². The van der Waals surface area contributed by atoms with Crippen LogP contribution in [0, 0.1) is 5.92 Å². The summed E-state index contributed by atoms with van der Waals surface area (Å²) in [5.41, 5.74) is 0. The van der Waals surface area contributed by atoms with E-state index in [1.165, 1.54) is 13.0 Å². The molecule has 1 rings (SSSR count). The predicted molar refractivity (Wildman–Crippen MR) is 51.3 cm³/mol. The lowest BCUT2D eigenvalue weighted by Gasteiger charge is -2.36. The minimum absolute atomic E-state index is 0.668. The Morgan fingerprint density at radius 1 is 1.50 bits per heavy atom. The average Bonchev–Trinajstić information content (AvgIpc) is 2.04. The lowest BCUT2D eigenvalue weighted by Crippen LogP contribution is -2.46. The minimum atomic E-state index is 0.668. The first-order valence-corrected chi connectivity index (χ1v) is 5.05. The van der Waals surface area contributed by atoms with Crippen molar-refractivity contribution in [2.45, 2.75) is 33.2 Å². The summed E-state index contributed by atoms with van der Waals surface area (Å²) in [5.74, 6) is 0.775. The van der Waals surface area contributed by atoms with Gasteiger partial charge in [0, 0.05) is 19.1 Å². The summed E-state index contributed by atoms with van der Waals surface area (Å²) < 4.78 is 5.44. The molecule has 0 aliphatic carbocycles. The van der Waals surface area contributed by atoms with Crippen LogP contribution in [0.2, 0.25) is 0 Å². The number of hydrogen-bond donors (Lipinski definition) is 0. The first-order valence-electron chi connectivity index (χ1n) is 5.05. The van der Waals surface area contributed by atoms with Crippen LogP contribution in [0.25, 0.3) is 0 Å². The summed E-state index contributed by atoms with van der Waals surface area (Å²) in [6, 6.07) is 0.668. The standard InChI is InChI=1S/C10H21NO/c1-4-10-8-12-6-5-11(10)7-9(2)3/h9-10H,4-8H2,1-3H3. The largest absolute Gasteiger partial charge is 0.378 e. The quantitative estimate of drug-likeness (QED) is 0.641. The van der Waals surface area contributed by atoms with Crippen LogP contribution in [-0.4, -0.2) is 37.2 Å². The highest BCUT2D eigenvalue weighted by molar-refractivity contribution is 4.74. The third-order valence-corrected chi connectivity index (χ3v) is 2.42. The zero-order valence-electron chi connectivity index (χ0n) is 8.55. The molecule has 1 unspecified atom stereocenters. The van der Waals surface area contributed by atoms with Crippen molar-refractivity contribution in [1.29, 1.82) is 0 Å². The third-order valence-electron chi connectivity index (χ3n) is 2.42. The Morgan fingerprint density at radius 2 is 2.25 bits per heavy atom. The van der Waals surface area contributed by atoms with E-state index in [4.69, 9.17) is 4.74 Å². The smallest absolute Gasteiger partial charge is 0.0622 e. The summed E-state index contributed by atoms with van der Waals surface area (Å²) >= 11 is 0. The Labute approximate surface area is 75.9 Å². The van der Waals surface area contributed by atoms with E-state index in [1.807, 2.05) is 0 Å². The molecule has 0 radical (unpaired) electrons. The zero-order chi connectivity index (χ0) is 8.97. The molecule has 0 spiro atoms. The van der Waals surface area contributed by atoms with Gasteiger partial charge in [-0.2, -0.15) is 0 Å². The summed E-state index contributed by atoms with van der Waals surface area (Å²) in [6.45, 7) is 11.0. The normalized spacial score (nSPS) is 26.5. The third kappa shape index (κ3) is 2.76. The maximum atomic E-state index is 5.44. The number of hydrogen-bond acceptors (Lipinski definition) is 2. The second-order valence-corrected chi connectivity index (χ2v) is 4.03. The Balaban J connectivity index is 2.36. The van der Waals surface area contributed by atoms with E-state index in [1.54, 1.807) is 0 Å². The van der Waals surface area contributed by atoms with Crippen molar-refractivity contribution in [3.8, 4) is 0 Å². The summed E-state index contributed by atoms with van der Waals surface area (Å²) in [6.07, 6.45) is 1.22. The molecule has 2 nitrogen and oxygen atoms in total. The van der Waals surface area contributed by atoms with E-state index in [2.05, 4.69) is 25.7 Å². The van der Waals surface area contributed by atoms with E-state index >= 15 is 0 Å². The van der Waals surface area contributed by atoms with Gasteiger partial charge in [0.25, 0.3) is 0 Å². The van der Waals surface area contributed by atoms with E-state index < -0.39 is 0 Å². The number of rotatable bonds is 3. The van der Waals surface area contributed by atoms with E-state index in [9.17, 15) is 0 Å². The summed E-state index contributed by atoms with van der Waals surface area (Å²) in [4.78, 5) is 2.56. The maximum absolute atomic E-state index is 5.44. The van der Waals surface area contributed by atoms with Gasteiger partial charge in [-0.3, -0.25) is 4.90 Å². The van der Waals surface area contributed by atoms with Crippen molar-refractivity contribution in [3.63, 3.8) is 0 Å². The fourth-order valence-electron chi connectivity index (χ4n) is 1.77. The molecule has 0 aromatic rings. The van der Waals surface area contributed by atoms with Gasteiger partial charge in [-0.1, -0.05) is 20.8 Å². The van der Waals surface area contributed by atoms with Crippen molar-refractivity contribution in [2.75, 3.05) is 26.3 Å². The topological polar surface area (TPSA) is 12.5 Å². The lowest BCUT2D eigenvalue weighted by molar-refractivity contribution is -0.0134. The predicted octanol–water partition coefficient (Wildman–Crippen LogP) is 1.75. The Bertz CT molecular complexity index is 125. The minimum Gasteiger partial charge on any atom is -0.378 e. The van der Waals surface area contributed by atoms with Gasteiger partial charge in [0.1, 0.15) is 0 Å². The molecule has 1 saturated heterocycles. The molecule has 1 aliphatic rings. The first-order chi connectivity index (χ1) is 5.74. The van der Waals surface area contributed by atoms with Crippen LogP contribution in [-0.2, 0) is 4.74 Å². The van der Waals surface area contributed by atoms with E-state index in [0.29, 0.717) is 6.04 Å². The molecule has 1 aliphatic heterocycles. The molecule has 0 N–H and O–H groups in total. The molecule has 0 aromatic carbocycles. The Hall–Kier alpha value is -0.0800. The second kappa shape index (κ2) is 4.83. The van der Waals surface area contributed by atoms with Gasteiger partial charge >= 0.3 is 0 Å². The van der Waals surface area contributed by atoms with Crippen LogP contribution in [0.5, 0.6) is 0 Å². The van der Waals surface area contributed by atoms with Crippen LogP contribution < -0.4 is 0 Å². The highest BCUT2D eigenvalue weighted by atomic mass is 16.5. The van der Waals surface area contributed by atoms with Crippen molar-refractivity contribution in [2.24, 2.45) is 5.92 Å². The van der Waals surface area contributed by atoms with Crippen LogP contribution in [0.3, 0.4) is 0 Å². The molecule has 1 heterocycles. The highest BCUT2D eigenvalue weighted by Gasteiger charge is 2.21.